The van der Waals surface area contributed by atoms with Gasteiger partial charge in [0.05, 0.1) is 17.9 Å². The van der Waals surface area contributed by atoms with E-state index >= 15 is 0 Å². The number of rotatable bonds is 2. The third-order valence-corrected chi connectivity index (χ3v) is 3.82. The Balaban J connectivity index is 0.00000161. The summed E-state index contributed by atoms with van der Waals surface area (Å²) >= 11 is 0. The third kappa shape index (κ3) is 3.07. The van der Waals surface area contributed by atoms with E-state index in [4.69, 9.17) is 0 Å². The number of nitrogens with zero attached hydrogens (tertiary/aromatic N) is 2. The molecule has 2 heterocycles. The molecular weight excluding hydrogens is 297 g/mol. The van der Waals surface area contributed by atoms with E-state index in [0.717, 1.165) is 13.0 Å². The lowest BCUT2D eigenvalue weighted by Gasteiger charge is -2.28. The molecule has 0 radical (unpaired) electrons. The van der Waals surface area contributed by atoms with Gasteiger partial charge in [-0.1, -0.05) is 6.07 Å². The van der Waals surface area contributed by atoms with Crippen LogP contribution in [0.4, 0.5) is 4.39 Å². The Morgan fingerprint density at radius 3 is 3.05 bits per heavy atom. The Labute approximate surface area is 127 Å². The fourth-order valence-corrected chi connectivity index (χ4v) is 2.65. The van der Waals surface area contributed by atoms with Crippen LogP contribution in [0.5, 0.6) is 0 Å². The summed E-state index contributed by atoms with van der Waals surface area (Å²) in [5.41, 5.74) is -0.0315. The van der Waals surface area contributed by atoms with Crippen LogP contribution in [0.2, 0.25) is 0 Å². The second-order valence-electron chi connectivity index (χ2n) is 5.16. The van der Waals surface area contributed by atoms with Crippen molar-refractivity contribution in [3.05, 3.63) is 40.7 Å². The number of nitrogens with one attached hydrogen (secondary N) is 1. The Hall–Kier alpha value is -1.50. The normalized spacial score (nSPS) is 22.0. The molecule has 1 saturated heterocycles. The lowest BCUT2D eigenvalue weighted by molar-refractivity contribution is 0.0717. The summed E-state index contributed by atoms with van der Waals surface area (Å²) in [6.07, 6.45) is 1.72. The summed E-state index contributed by atoms with van der Waals surface area (Å²) in [7, 11) is 0. The Morgan fingerprint density at radius 1 is 1.48 bits per heavy atom. The Morgan fingerprint density at radius 2 is 2.29 bits per heavy atom. The minimum atomic E-state index is -0.555. The molecule has 0 spiro atoms. The van der Waals surface area contributed by atoms with E-state index in [1.165, 1.54) is 23.0 Å². The maximum absolute atomic E-state index is 13.8. The molecule has 2 aromatic rings. The van der Waals surface area contributed by atoms with Crippen LogP contribution >= 0.6 is 12.4 Å². The molecule has 0 bridgehead atoms. The van der Waals surface area contributed by atoms with E-state index < -0.39 is 11.9 Å². The van der Waals surface area contributed by atoms with Crippen molar-refractivity contribution in [3.8, 4) is 0 Å². The van der Waals surface area contributed by atoms with Crippen molar-refractivity contribution in [1.82, 2.24) is 14.9 Å². The SMILES string of the molecule is Cl.O=c1c2c(F)cccc2ncn1C[C@@H]1CCNC[C@H]1O. The standard InChI is InChI=1S/C14H16FN3O2.ClH/c15-10-2-1-3-11-13(10)14(20)18(8-17-11)7-9-4-5-16-6-12(9)19;/h1-3,8-9,12,16,19H,4-7H2;1H/t9-,12+;/m0./s1. The van der Waals surface area contributed by atoms with Gasteiger partial charge in [0.15, 0.2) is 0 Å². The molecule has 7 heteroatoms. The highest BCUT2D eigenvalue weighted by atomic mass is 35.5. The minimum absolute atomic E-state index is 0. The number of halogens is 2. The molecule has 114 valence electrons. The van der Waals surface area contributed by atoms with Crippen molar-refractivity contribution >= 4 is 23.3 Å². The first kappa shape index (κ1) is 15.9. The van der Waals surface area contributed by atoms with Gasteiger partial charge in [-0.2, -0.15) is 0 Å². The van der Waals surface area contributed by atoms with Crippen molar-refractivity contribution < 1.29 is 9.50 Å². The van der Waals surface area contributed by atoms with Gasteiger partial charge in [0.1, 0.15) is 11.2 Å². The van der Waals surface area contributed by atoms with Gasteiger partial charge in [-0.3, -0.25) is 9.36 Å². The van der Waals surface area contributed by atoms with Crippen LogP contribution in [0.15, 0.2) is 29.3 Å². The lowest BCUT2D eigenvalue weighted by Crippen LogP contribution is -2.43. The first-order valence-electron chi connectivity index (χ1n) is 6.69. The van der Waals surface area contributed by atoms with E-state index in [-0.39, 0.29) is 29.3 Å². The summed E-state index contributed by atoms with van der Waals surface area (Å²) in [6.45, 7) is 1.69. The van der Waals surface area contributed by atoms with Crippen molar-refractivity contribution in [3.63, 3.8) is 0 Å². The maximum atomic E-state index is 13.8. The van der Waals surface area contributed by atoms with Gasteiger partial charge in [-0.05, 0) is 25.1 Å². The molecule has 1 aromatic heterocycles. The van der Waals surface area contributed by atoms with Gasteiger partial charge < -0.3 is 10.4 Å². The summed E-state index contributed by atoms with van der Waals surface area (Å²) in [5, 5.41) is 13.0. The summed E-state index contributed by atoms with van der Waals surface area (Å²) < 4.78 is 15.2. The zero-order valence-electron chi connectivity index (χ0n) is 11.3. The smallest absolute Gasteiger partial charge is 0.264 e. The average molecular weight is 314 g/mol. The number of fused-ring (bicyclic) bond motifs is 1. The number of piperidine rings is 1. The fraction of sp³-hybridized carbons (Fsp3) is 0.429. The highest BCUT2D eigenvalue weighted by molar-refractivity contribution is 5.85. The molecule has 2 N–H and O–H groups in total. The minimum Gasteiger partial charge on any atom is -0.391 e. The number of benzene rings is 1. The van der Waals surface area contributed by atoms with Crippen LogP contribution in [0, 0.1) is 11.7 Å². The van der Waals surface area contributed by atoms with Crippen LogP contribution in [0.3, 0.4) is 0 Å². The number of hydrogen-bond donors (Lipinski definition) is 2. The number of β-amino-alcohol motifs (C(OH)–C–C–N with tert-alkyl or cyclic N) is 1. The van der Waals surface area contributed by atoms with Crippen molar-refractivity contribution in [2.75, 3.05) is 13.1 Å². The van der Waals surface area contributed by atoms with E-state index in [2.05, 4.69) is 10.3 Å². The molecule has 0 saturated carbocycles. The zero-order valence-corrected chi connectivity index (χ0v) is 12.1. The molecule has 1 aliphatic heterocycles. The predicted octanol–water partition coefficient (Wildman–Crippen LogP) is 0.928. The Bertz CT molecular complexity index is 691. The van der Waals surface area contributed by atoms with Crippen molar-refractivity contribution in [2.45, 2.75) is 19.1 Å². The topological polar surface area (TPSA) is 67.2 Å². The molecule has 0 amide bonds. The quantitative estimate of drug-likeness (QED) is 0.865. The van der Waals surface area contributed by atoms with Gasteiger partial charge in [0.2, 0.25) is 0 Å². The predicted molar refractivity (Wildman–Crippen MR) is 80.2 cm³/mol. The van der Waals surface area contributed by atoms with E-state index in [1.807, 2.05) is 0 Å². The number of aliphatic hydroxyl groups excluding tert-OH is 1. The van der Waals surface area contributed by atoms with E-state index in [1.54, 1.807) is 6.07 Å². The van der Waals surface area contributed by atoms with Crippen LogP contribution in [0.25, 0.3) is 10.9 Å². The molecule has 5 nitrogen and oxygen atoms in total. The van der Waals surface area contributed by atoms with Crippen LogP contribution in [-0.2, 0) is 6.54 Å². The van der Waals surface area contributed by atoms with Crippen LogP contribution in [-0.4, -0.2) is 33.9 Å². The van der Waals surface area contributed by atoms with Gasteiger partial charge >= 0.3 is 0 Å². The molecule has 1 aromatic carbocycles. The summed E-state index contributed by atoms with van der Waals surface area (Å²) in [5.74, 6) is -0.569. The first-order chi connectivity index (χ1) is 9.66. The second-order valence-corrected chi connectivity index (χ2v) is 5.16. The Kier molecular flexibility index (Phi) is 4.92. The molecule has 0 unspecified atom stereocenters. The largest absolute Gasteiger partial charge is 0.391 e. The van der Waals surface area contributed by atoms with Crippen LogP contribution in [0.1, 0.15) is 6.42 Å². The van der Waals surface area contributed by atoms with E-state index in [9.17, 15) is 14.3 Å². The van der Waals surface area contributed by atoms with Crippen molar-refractivity contribution in [1.29, 1.82) is 0 Å². The van der Waals surface area contributed by atoms with Gasteiger partial charge in [0, 0.05) is 19.0 Å². The fourth-order valence-electron chi connectivity index (χ4n) is 2.65. The molecule has 2 atom stereocenters. The number of hydrogen-bond acceptors (Lipinski definition) is 4. The first-order valence-corrected chi connectivity index (χ1v) is 6.69. The van der Waals surface area contributed by atoms with Crippen molar-refractivity contribution in [2.24, 2.45) is 5.92 Å². The zero-order chi connectivity index (χ0) is 14.1. The molecule has 1 fully saturated rings. The van der Waals surface area contributed by atoms with Crippen LogP contribution < -0.4 is 10.9 Å². The summed E-state index contributed by atoms with van der Waals surface area (Å²) in [4.78, 5) is 16.4. The number of aromatic nitrogens is 2. The lowest BCUT2D eigenvalue weighted by atomic mass is 9.95. The number of aliphatic hydroxyl groups is 1. The molecule has 0 aliphatic carbocycles. The van der Waals surface area contributed by atoms with Gasteiger partial charge in [-0.15, -0.1) is 12.4 Å². The molecule has 21 heavy (non-hydrogen) atoms. The second kappa shape index (κ2) is 6.51. The third-order valence-electron chi connectivity index (χ3n) is 3.82. The maximum Gasteiger partial charge on any atom is 0.264 e. The summed E-state index contributed by atoms with van der Waals surface area (Å²) in [6, 6.07) is 4.41. The van der Waals surface area contributed by atoms with Gasteiger partial charge in [-0.25, -0.2) is 9.37 Å². The monoisotopic (exact) mass is 313 g/mol. The highest BCUT2D eigenvalue weighted by Gasteiger charge is 2.23. The molecular formula is C14H17ClFN3O2. The highest BCUT2D eigenvalue weighted by Crippen LogP contribution is 2.15. The molecule has 1 aliphatic rings. The average Bonchev–Trinajstić information content (AvgIpc) is 2.44. The van der Waals surface area contributed by atoms with Gasteiger partial charge in [0.25, 0.3) is 5.56 Å². The van der Waals surface area contributed by atoms with E-state index in [0.29, 0.717) is 18.6 Å². The molecule has 3 rings (SSSR count).